The van der Waals surface area contributed by atoms with Gasteiger partial charge in [-0.2, -0.15) is 13.2 Å². The van der Waals surface area contributed by atoms with Crippen LogP contribution >= 0.6 is 11.6 Å². The molecule has 0 aliphatic carbocycles. The number of hydrogen-bond donors (Lipinski definition) is 1. The van der Waals surface area contributed by atoms with Gasteiger partial charge in [-0.25, -0.2) is 8.42 Å². The van der Waals surface area contributed by atoms with Crippen molar-refractivity contribution in [3.63, 3.8) is 0 Å². The molecule has 3 rings (SSSR count). The normalized spacial score (nSPS) is 15.0. The summed E-state index contributed by atoms with van der Waals surface area (Å²) in [7, 11) is -3.75. The van der Waals surface area contributed by atoms with Gasteiger partial charge in [0.2, 0.25) is 5.91 Å². The van der Waals surface area contributed by atoms with Crippen LogP contribution in [0.5, 0.6) is 0 Å². The molecule has 0 atom stereocenters. The average Bonchev–Trinajstić information content (AvgIpc) is 2.73. The number of halogens is 4. The summed E-state index contributed by atoms with van der Waals surface area (Å²) in [6, 6.07) is 8.62. The van der Waals surface area contributed by atoms with Gasteiger partial charge in [0.05, 0.1) is 40.8 Å². The fourth-order valence-electron chi connectivity index (χ4n) is 3.09. The van der Waals surface area contributed by atoms with Crippen molar-refractivity contribution in [1.82, 2.24) is 0 Å². The lowest BCUT2D eigenvalue weighted by molar-refractivity contribution is -0.137. The molecule has 6 nitrogen and oxygen atoms in total. The molecule has 168 valence electrons. The Kier molecular flexibility index (Phi) is 7.13. The molecule has 0 spiro atoms. The molecule has 1 aliphatic rings. The first-order chi connectivity index (χ1) is 14.6. The Labute approximate surface area is 182 Å². The number of anilines is 2. The summed E-state index contributed by atoms with van der Waals surface area (Å²) in [6.07, 6.45) is -5.00. The molecular weight excluding hydrogens is 457 g/mol. The maximum absolute atomic E-state index is 13.2. The number of hydrogen-bond acceptors (Lipinski definition) is 5. The van der Waals surface area contributed by atoms with E-state index >= 15 is 0 Å². The lowest BCUT2D eigenvalue weighted by Gasteiger charge is -2.31. The smallest absolute Gasteiger partial charge is 0.378 e. The Balaban J connectivity index is 1.76. The van der Waals surface area contributed by atoms with Gasteiger partial charge >= 0.3 is 6.18 Å². The Morgan fingerprint density at radius 1 is 1.10 bits per heavy atom. The summed E-state index contributed by atoms with van der Waals surface area (Å²) >= 11 is 5.75. The van der Waals surface area contributed by atoms with Crippen LogP contribution in [0.2, 0.25) is 5.02 Å². The van der Waals surface area contributed by atoms with Gasteiger partial charge in [-0.3, -0.25) is 4.79 Å². The predicted octanol–water partition coefficient (Wildman–Crippen LogP) is 4.00. The number of amides is 1. The second-order valence-corrected chi connectivity index (χ2v) is 9.45. The molecule has 0 aromatic heterocycles. The van der Waals surface area contributed by atoms with E-state index in [0.29, 0.717) is 37.0 Å². The Morgan fingerprint density at radius 3 is 2.35 bits per heavy atom. The van der Waals surface area contributed by atoms with Crippen LogP contribution < -0.4 is 10.2 Å². The highest BCUT2D eigenvalue weighted by atomic mass is 35.5. The maximum Gasteiger partial charge on any atom is 0.416 e. The van der Waals surface area contributed by atoms with Crippen molar-refractivity contribution in [3.05, 3.63) is 53.1 Å². The molecule has 0 saturated carbocycles. The Bertz CT molecular complexity index is 1040. The monoisotopic (exact) mass is 476 g/mol. The minimum atomic E-state index is -4.58. The van der Waals surface area contributed by atoms with E-state index in [1.54, 1.807) is 0 Å². The largest absolute Gasteiger partial charge is 0.416 e. The lowest BCUT2D eigenvalue weighted by Crippen LogP contribution is -2.37. The van der Waals surface area contributed by atoms with Gasteiger partial charge in [0.15, 0.2) is 9.84 Å². The summed E-state index contributed by atoms with van der Waals surface area (Å²) < 4.78 is 69.6. The average molecular weight is 477 g/mol. The third-order valence-corrected chi connectivity index (χ3v) is 6.70. The standard InChI is InChI=1S/C20H20ClF3N2O4S/c21-15-2-4-16(5-3-15)31(28,29)12-7-19(27)25-17-13-14(20(22,23)24)1-6-18(17)26-8-10-30-11-9-26/h1-6,13H,7-12H2,(H,25,27). The van der Waals surface area contributed by atoms with E-state index in [0.717, 1.165) is 12.1 Å². The molecule has 1 amide bonds. The van der Waals surface area contributed by atoms with Gasteiger partial charge in [-0.05, 0) is 42.5 Å². The van der Waals surface area contributed by atoms with Crippen LogP contribution in [0, 0.1) is 0 Å². The van der Waals surface area contributed by atoms with Gasteiger partial charge in [0.25, 0.3) is 0 Å². The zero-order valence-electron chi connectivity index (χ0n) is 16.3. The molecule has 1 heterocycles. The van der Waals surface area contributed by atoms with Crippen LogP contribution in [0.25, 0.3) is 0 Å². The van der Waals surface area contributed by atoms with Crippen molar-refractivity contribution in [2.75, 3.05) is 42.3 Å². The minimum Gasteiger partial charge on any atom is -0.378 e. The van der Waals surface area contributed by atoms with Crippen molar-refractivity contribution < 1.29 is 31.1 Å². The first kappa shape index (κ1) is 23.4. The number of alkyl halides is 3. The number of nitrogens with one attached hydrogen (secondary N) is 1. The number of morpholine rings is 1. The molecule has 0 radical (unpaired) electrons. The quantitative estimate of drug-likeness (QED) is 0.682. The molecule has 0 bridgehead atoms. The molecule has 2 aromatic carbocycles. The molecule has 2 aromatic rings. The first-order valence-corrected chi connectivity index (χ1v) is 11.4. The Hall–Kier alpha value is -2.30. The number of carbonyl (C=O) groups excluding carboxylic acids is 1. The van der Waals surface area contributed by atoms with Crippen LogP contribution in [-0.4, -0.2) is 46.4 Å². The maximum atomic E-state index is 13.2. The second kappa shape index (κ2) is 9.46. The lowest BCUT2D eigenvalue weighted by atomic mass is 10.1. The summed E-state index contributed by atoms with van der Waals surface area (Å²) in [4.78, 5) is 14.2. The van der Waals surface area contributed by atoms with Crippen LogP contribution in [0.15, 0.2) is 47.4 Å². The summed E-state index contributed by atoms with van der Waals surface area (Å²) in [5.74, 6) is -1.20. The van der Waals surface area contributed by atoms with Crippen molar-refractivity contribution in [1.29, 1.82) is 0 Å². The highest BCUT2D eigenvalue weighted by Gasteiger charge is 2.32. The molecule has 1 N–H and O–H groups in total. The highest BCUT2D eigenvalue weighted by Crippen LogP contribution is 2.36. The van der Waals surface area contributed by atoms with E-state index in [9.17, 15) is 26.4 Å². The molecule has 31 heavy (non-hydrogen) atoms. The van der Waals surface area contributed by atoms with Crippen molar-refractivity contribution in [2.24, 2.45) is 0 Å². The number of rotatable bonds is 6. The van der Waals surface area contributed by atoms with E-state index in [1.807, 2.05) is 4.90 Å². The first-order valence-electron chi connectivity index (χ1n) is 9.38. The van der Waals surface area contributed by atoms with Gasteiger partial charge in [0, 0.05) is 24.5 Å². The van der Waals surface area contributed by atoms with Gasteiger partial charge in [-0.1, -0.05) is 11.6 Å². The number of carbonyl (C=O) groups is 1. The third kappa shape index (κ3) is 6.11. The van der Waals surface area contributed by atoms with Gasteiger partial charge < -0.3 is 15.0 Å². The van der Waals surface area contributed by atoms with Crippen LogP contribution in [-0.2, 0) is 25.5 Å². The van der Waals surface area contributed by atoms with E-state index in [-0.39, 0.29) is 10.6 Å². The van der Waals surface area contributed by atoms with E-state index in [2.05, 4.69) is 5.32 Å². The zero-order valence-corrected chi connectivity index (χ0v) is 17.9. The van der Waals surface area contributed by atoms with Crippen molar-refractivity contribution in [2.45, 2.75) is 17.5 Å². The topological polar surface area (TPSA) is 75.7 Å². The predicted molar refractivity (Wildman–Crippen MR) is 111 cm³/mol. The van der Waals surface area contributed by atoms with E-state index < -0.39 is 39.7 Å². The molecule has 1 aliphatic heterocycles. The minimum absolute atomic E-state index is 0.0118. The SMILES string of the molecule is O=C(CCS(=O)(=O)c1ccc(Cl)cc1)Nc1cc(C(F)(F)F)ccc1N1CCOCC1. The summed E-state index contributed by atoms with van der Waals surface area (Å²) in [6.45, 7) is 1.74. The van der Waals surface area contributed by atoms with E-state index in [4.69, 9.17) is 16.3 Å². The third-order valence-electron chi connectivity index (χ3n) is 4.72. The fourth-order valence-corrected chi connectivity index (χ4v) is 4.46. The van der Waals surface area contributed by atoms with Crippen LogP contribution in [0.3, 0.4) is 0 Å². The summed E-state index contributed by atoms with van der Waals surface area (Å²) in [5.41, 5.74) is -0.510. The molecular formula is C20H20ClF3N2O4S. The fraction of sp³-hybridized carbons (Fsp3) is 0.350. The number of ether oxygens (including phenoxy) is 1. The highest BCUT2D eigenvalue weighted by molar-refractivity contribution is 7.91. The number of benzene rings is 2. The second-order valence-electron chi connectivity index (χ2n) is 6.90. The van der Waals surface area contributed by atoms with Crippen LogP contribution in [0.4, 0.5) is 24.5 Å². The molecule has 0 unspecified atom stereocenters. The van der Waals surface area contributed by atoms with Gasteiger partial charge in [0.1, 0.15) is 0 Å². The van der Waals surface area contributed by atoms with Crippen LogP contribution in [0.1, 0.15) is 12.0 Å². The number of nitrogens with zero attached hydrogens (tertiary/aromatic N) is 1. The van der Waals surface area contributed by atoms with E-state index in [1.165, 1.54) is 30.3 Å². The number of sulfone groups is 1. The van der Waals surface area contributed by atoms with Crippen molar-refractivity contribution >= 4 is 38.7 Å². The molecule has 11 heteroatoms. The Morgan fingerprint density at radius 2 is 1.74 bits per heavy atom. The zero-order chi connectivity index (χ0) is 22.6. The molecule has 1 fully saturated rings. The summed E-state index contributed by atoms with van der Waals surface area (Å²) in [5, 5.41) is 2.82. The van der Waals surface area contributed by atoms with Gasteiger partial charge in [-0.15, -0.1) is 0 Å². The molecule has 1 saturated heterocycles. The van der Waals surface area contributed by atoms with Crippen molar-refractivity contribution in [3.8, 4) is 0 Å².